The van der Waals surface area contributed by atoms with E-state index in [4.69, 9.17) is 4.74 Å². The first-order chi connectivity index (χ1) is 17.5. The van der Waals surface area contributed by atoms with Crippen LogP contribution in [-0.2, 0) is 22.4 Å². The van der Waals surface area contributed by atoms with Crippen LogP contribution >= 0.6 is 11.3 Å². The van der Waals surface area contributed by atoms with Crippen LogP contribution in [0.2, 0.25) is 0 Å². The molecule has 2 N–H and O–H groups in total. The minimum Gasteiger partial charge on any atom is -0.494 e. The number of carbonyl (C=O) groups excluding carboxylic acids is 2. The Morgan fingerprint density at radius 3 is 2.89 bits per heavy atom. The number of Topliss-reactive ketones (excluding diaryl/α,β-unsaturated/α-hetero) is 1. The van der Waals surface area contributed by atoms with Gasteiger partial charge in [0, 0.05) is 42.6 Å². The normalized spacial score (nSPS) is 15.2. The number of pyridine rings is 1. The number of nitrogens with one attached hydrogen (secondary N) is 2. The molecule has 0 saturated heterocycles. The summed E-state index contributed by atoms with van der Waals surface area (Å²) in [5, 5.41) is 16.6. The molecule has 0 saturated carbocycles. The van der Waals surface area contributed by atoms with E-state index < -0.39 is 0 Å². The molecule has 1 aliphatic rings. The Kier molecular flexibility index (Phi) is 8.34. The summed E-state index contributed by atoms with van der Waals surface area (Å²) in [6, 6.07) is 13.8. The average Bonchev–Trinajstić information content (AvgIpc) is 3.24. The molecule has 4 rings (SSSR count). The van der Waals surface area contributed by atoms with E-state index in [0.29, 0.717) is 43.0 Å². The minimum atomic E-state index is -0.159. The van der Waals surface area contributed by atoms with Crippen LogP contribution < -0.4 is 15.4 Å². The fourth-order valence-electron chi connectivity index (χ4n) is 4.51. The second-order valence-corrected chi connectivity index (χ2v) is 10.1. The molecule has 8 heteroatoms. The first-order valence-electron chi connectivity index (χ1n) is 12.2. The third-order valence-corrected chi connectivity index (χ3v) is 7.51. The fraction of sp³-hybridized carbons (Fsp3) is 0.357. The van der Waals surface area contributed by atoms with Crippen LogP contribution in [0.1, 0.15) is 54.2 Å². The van der Waals surface area contributed by atoms with Gasteiger partial charge in [0.05, 0.1) is 12.3 Å². The van der Waals surface area contributed by atoms with Crippen molar-refractivity contribution in [2.45, 2.75) is 45.4 Å². The highest BCUT2D eigenvalue weighted by molar-refractivity contribution is 7.17. The van der Waals surface area contributed by atoms with Gasteiger partial charge in [0.25, 0.3) is 0 Å². The highest BCUT2D eigenvalue weighted by atomic mass is 32.1. The predicted octanol–water partition coefficient (Wildman–Crippen LogP) is 5.33. The van der Waals surface area contributed by atoms with Crippen LogP contribution in [0.25, 0.3) is 0 Å². The summed E-state index contributed by atoms with van der Waals surface area (Å²) < 4.78 is 5.71. The number of nitriles is 1. The number of thiophene rings is 1. The summed E-state index contributed by atoms with van der Waals surface area (Å²) in [4.78, 5) is 30.8. The van der Waals surface area contributed by atoms with Crippen molar-refractivity contribution >= 4 is 33.7 Å². The molecule has 0 aliphatic carbocycles. The van der Waals surface area contributed by atoms with E-state index in [0.717, 1.165) is 27.4 Å². The van der Waals surface area contributed by atoms with Gasteiger partial charge in [-0.25, -0.2) is 0 Å². The molecule has 0 radical (unpaired) electrons. The largest absolute Gasteiger partial charge is 0.494 e. The third-order valence-electron chi connectivity index (χ3n) is 6.38. The van der Waals surface area contributed by atoms with Crippen LogP contribution in [0, 0.1) is 17.2 Å². The zero-order valence-electron chi connectivity index (χ0n) is 20.5. The molecule has 0 spiro atoms. The fourth-order valence-corrected chi connectivity index (χ4v) is 5.73. The second-order valence-electron chi connectivity index (χ2n) is 8.95. The molecule has 186 valence electrons. The number of nitrogens with zero attached hydrogens (tertiary/aromatic N) is 2. The molecule has 2 aromatic heterocycles. The lowest BCUT2D eigenvalue weighted by molar-refractivity contribution is -0.122. The zero-order valence-corrected chi connectivity index (χ0v) is 21.4. The summed E-state index contributed by atoms with van der Waals surface area (Å²) in [5.74, 6) is 0.614. The number of benzene rings is 1. The number of rotatable bonds is 10. The number of carbonyl (C=O) groups is 2. The number of hydrogen-bond donors (Lipinski definition) is 2. The maximum atomic E-state index is 12.9. The summed E-state index contributed by atoms with van der Waals surface area (Å²) >= 11 is 1.38. The van der Waals surface area contributed by atoms with E-state index >= 15 is 0 Å². The number of ketones is 1. The van der Waals surface area contributed by atoms with Crippen molar-refractivity contribution in [3.63, 3.8) is 0 Å². The van der Waals surface area contributed by atoms with E-state index in [1.54, 1.807) is 12.4 Å². The van der Waals surface area contributed by atoms with Gasteiger partial charge in [-0.05, 0) is 48.9 Å². The van der Waals surface area contributed by atoms with Gasteiger partial charge in [-0.2, -0.15) is 5.26 Å². The van der Waals surface area contributed by atoms with Crippen LogP contribution in [0.4, 0.5) is 10.7 Å². The van der Waals surface area contributed by atoms with Crippen molar-refractivity contribution < 1.29 is 14.3 Å². The van der Waals surface area contributed by atoms with Gasteiger partial charge in [0.2, 0.25) is 5.91 Å². The van der Waals surface area contributed by atoms with Gasteiger partial charge in [-0.15, -0.1) is 11.3 Å². The zero-order chi connectivity index (χ0) is 25.5. The van der Waals surface area contributed by atoms with Gasteiger partial charge >= 0.3 is 0 Å². The number of aromatic nitrogens is 1. The molecule has 1 aromatic carbocycles. The SMILES string of the molecule is CCOc1ccccc1C(C)CC(=O)Nc1sc2c(c1C#N)NCC(C(=O)CCc1cccnc1)C2. The summed E-state index contributed by atoms with van der Waals surface area (Å²) in [6.07, 6.45) is 5.46. The van der Waals surface area contributed by atoms with E-state index in [1.165, 1.54) is 11.3 Å². The molecule has 7 nitrogen and oxygen atoms in total. The highest BCUT2D eigenvalue weighted by Gasteiger charge is 2.30. The first kappa shape index (κ1) is 25.4. The lowest BCUT2D eigenvalue weighted by atomic mass is 9.91. The Bertz CT molecular complexity index is 1270. The Balaban J connectivity index is 1.40. The van der Waals surface area contributed by atoms with Crippen molar-refractivity contribution in [1.29, 1.82) is 5.26 Å². The maximum Gasteiger partial charge on any atom is 0.225 e. The summed E-state index contributed by atoms with van der Waals surface area (Å²) in [7, 11) is 0. The number of amides is 1. The smallest absolute Gasteiger partial charge is 0.225 e. The molecule has 2 atom stereocenters. The van der Waals surface area contributed by atoms with Crippen molar-refractivity contribution in [1.82, 2.24) is 4.98 Å². The predicted molar refractivity (Wildman–Crippen MR) is 142 cm³/mol. The van der Waals surface area contributed by atoms with E-state index in [2.05, 4.69) is 21.7 Å². The number of anilines is 2. The van der Waals surface area contributed by atoms with E-state index in [1.807, 2.05) is 50.2 Å². The highest BCUT2D eigenvalue weighted by Crippen LogP contribution is 2.41. The van der Waals surface area contributed by atoms with Crippen molar-refractivity contribution in [3.05, 3.63) is 70.4 Å². The number of hydrogen-bond acceptors (Lipinski definition) is 7. The van der Waals surface area contributed by atoms with Gasteiger partial charge in [-0.1, -0.05) is 31.2 Å². The lowest BCUT2D eigenvalue weighted by Gasteiger charge is -2.22. The van der Waals surface area contributed by atoms with Gasteiger partial charge in [0.1, 0.15) is 28.2 Å². The molecular formula is C28H30N4O3S. The van der Waals surface area contributed by atoms with Crippen LogP contribution in [0.3, 0.4) is 0 Å². The van der Waals surface area contributed by atoms with E-state index in [9.17, 15) is 14.9 Å². The Morgan fingerprint density at radius 2 is 2.14 bits per heavy atom. The van der Waals surface area contributed by atoms with Crippen molar-refractivity contribution in [2.75, 3.05) is 23.8 Å². The van der Waals surface area contributed by atoms with Crippen LogP contribution in [0.15, 0.2) is 48.8 Å². The number of ether oxygens (including phenoxy) is 1. The molecule has 36 heavy (non-hydrogen) atoms. The molecule has 0 bridgehead atoms. The number of aryl methyl sites for hydroxylation is 1. The van der Waals surface area contributed by atoms with Crippen molar-refractivity contribution in [2.24, 2.45) is 5.92 Å². The molecule has 2 unspecified atom stereocenters. The van der Waals surface area contributed by atoms with Gasteiger partial charge in [0.15, 0.2) is 0 Å². The molecule has 1 amide bonds. The molecule has 3 heterocycles. The maximum absolute atomic E-state index is 12.9. The Labute approximate surface area is 215 Å². The Hall–Kier alpha value is -3.70. The third kappa shape index (κ3) is 5.92. The van der Waals surface area contributed by atoms with Gasteiger partial charge in [-0.3, -0.25) is 14.6 Å². The van der Waals surface area contributed by atoms with Gasteiger partial charge < -0.3 is 15.4 Å². The van der Waals surface area contributed by atoms with Crippen LogP contribution in [-0.4, -0.2) is 29.8 Å². The molecule has 0 fully saturated rings. The molecule has 3 aromatic rings. The monoisotopic (exact) mass is 502 g/mol. The lowest BCUT2D eigenvalue weighted by Crippen LogP contribution is -2.29. The molecular weight excluding hydrogens is 472 g/mol. The summed E-state index contributed by atoms with van der Waals surface area (Å²) in [6.45, 7) is 4.97. The van der Waals surface area contributed by atoms with E-state index in [-0.39, 0.29) is 29.9 Å². The quantitative estimate of drug-likeness (QED) is 0.388. The number of fused-ring (bicyclic) bond motifs is 1. The molecule has 1 aliphatic heterocycles. The van der Waals surface area contributed by atoms with Crippen LogP contribution in [0.5, 0.6) is 5.75 Å². The topological polar surface area (TPSA) is 104 Å². The van der Waals surface area contributed by atoms with Crippen molar-refractivity contribution in [3.8, 4) is 11.8 Å². The second kappa shape index (κ2) is 11.8. The summed E-state index contributed by atoms with van der Waals surface area (Å²) in [5.41, 5.74) is 3.20. The Morgan fingerprint density at radius 1 is 1.31 bits per heavy atom. The average molecular weight is 503 g/mol. The number of para-hydroxylation sites is 1. The first-order valence-corrected chi connectivity index (χ1v) is 13.0. The minimum absolute atomic E-state index is 0.0483. The standard InChI is InChI=1S/C28H30N4O3S/c1-3-35-24-9-5-4-8-21(24)18(2)13-26(34)32-28-22(15-29)27-25(36-28)14-20(17-31-27)23(33)11-10-19-7-6-12-30-16-19/h4-9,12,16,18,20,31H,3,10-11,13-14,17H2,1-2H3,(H,32,34).